The monoisotopic (exact) mass is 423 g/mol. The molecule has 0 saturated carbocycles. The summed E-state index contributed by atoms with van der Waals surface area (Å²) >= 11 is 0. The van der Waals surface area contributed by atoms with Crippen LogP contribution in [0.15, 0.2) is 53.6 Å². The molecule has 2 aromatic carbocycles. The van der Waals surface area contributed by atoms with Crippen molar-refractivity contribution in [1.29, 1.82) is 5.26 Å². The van der Waals surface area contributed by atoms with E-state index in [1.807, 2.05) is 0 Å². The van der Waals surface area contributed by atoms with Crippen LogP contribution in [0.5, 0.6) is 0 Å². The number of ether oxygens (including phenoxy) is 1. The minimum atomic E-state index is -3.64. The maximum absolute atomic E-state index is 12.6. The molecule has 1 aliphatic heterocycles. The number of carbonyl (C=O) groups excluding carboxylic acids is 1. The van der Waals surface area contributed by atoms with Gasteiger partial charge in [0.05, 0.1) is 22.6 Å². The molecule has 1 N–H and O–H groups in total. The molecule has 1 aliphatic rings. The largest absolute Gasteiger partial charge is 0.459 e. The Morgan fingerprint density at radius 3 is 2.63 bits per heavy atom. The summed E-state index contributed by atoms with van der Waals surface area (Å²) in [7, 11) is -3.64. The number of hydrogen-bond acceptors (Lipinski definition) is 5. The topological polar surface area (TPSA) is 101 Å². The van der Waals surface area contributed by atoms with Gasteiger partial charge in [0.15, 0.2) is 0 Å². The van der Waals surface area contributed by atoms with Gasteiger partial charge in [-0.15, -0.1) is 0 Å². The Balaban J connectivity index is 1.85. The van der Waals surface area contributed by atoms with E-state index in [-0.39, 0.29) is 11.4 Å². The number of nitrogens with zero attached hydrogens (tertiary/aromatic N) is 2. The molecule has 1 unspecified atom stereocenters. The second-order valence-corrected chi connectivity index (χ2v) is 9.92. The third kappa shape index (κ3) is 3.58. The van der Waals surface area contributed by atoms with Crippen LogP contribution < -0.4 is 4.72 Å². The van der Waals surface area contributed by atoms with E-state index in [1.54, 1.807) is 74.0 Å². The van der Waals surface area contributed by atoms with Gasteiger partial charge < -0.3 is 9.30 Å². The smallest absolute Gasteiger partial charge is 0.326 e. The highest BCUT2D eigenvalue weighted by Gasteiger charge is 2.36. The molecule has 3 aromatic rings. The van der Waals surface area contributed by atoms with Crippen LogP contribution in [0.1, 0.15) is 43.5 Å². The van der Waals surface area contributed by atoms with Crippen LogP contribution in [0, 0.1) is 11.3 Å². The quantitative estimate of drug-likeness (QED) is 0.652. The Morgan fingerprint density at radius 2 is 1.93 bits per heavy atom. The minimum absolute atomic E-state index is 0.0270. The number of sulfonamides is 1. The van der Waals surface area contributed by atoms with Gasteiger partial charge in [-0.25, -0.2) is 8.42 Å². The Kier molecular flexibility index (Phi) is 4.68. The lowest BCUT2D eigenvalue weighted by Crippen LogP contribution is -2.26. The normalized spacial score (nSPS) is 17.5. The van der Waals surface area contributed by atoms with Gasteiger partial charge in [0.1, 0.15) is 12.1 Å². The van der Waals surface area contributed by atoms with E-state index < -0.39 is 27.6 Å². The number of esters is 1. The highest BCUT2D eigenvalue weighted by atomic mass is 32.2. The van der Waals surface area contributed by atoms with E-state index in [9.17, 15) is 18.5 Å². The first kappa shape index (κ1) is 20.1. The molecule has 1 atom stereocenters. The fourth-order valence-corrected chi connectivity index (χ4v) is 5.19. The number of fused-ring (bicyclic) bond motifs is 2. The molecule has 30 heavy (non-hydrogen) atoms. The summed E-state index contributed by atoms with van der Waals surface area (Å²) in [6.07, 6.45) is 1.75. The molecule has 8 heteroatoms. The molecule has 1 aromatic heterocycles. The van der Waals surface area contributed by atoms with E-state index in [4.69, 9.17) is 4.74 Å². The Morgan fingerprint density at radius 1 is 1.20 bits per heavy atom. The first-order valence-electron chi connectivity index (χ1n) is 9.45. The molecule has 2 heterocycles. The number of hydrogen-bond donors (Lipinski definition) is 1. The van der Waals surface area contributed by atoms with E-state index in [0.717, 1.165) is 5.52 Å². The molecule has 4 rings (SSSR count). The second kappa shape index (κ2) is 6.97. The van der Waals surface area contributed by atoms with Crippen molar-refractivity contribution >= 4 is 26.9 Å². The summed E-state index contributed by atoms with van der Waals surface area (Å²) < 4.78 is 35.1. The number of nitriles is 1. The van der Waals surface area contributed by atoms with Crippen molar-refractivity contribution in [3.63, 3.8) is 0 Å². The molecule has 7 nitrogen and oxygen atoms in total. The third-order valence-corrected chi connectivity index (χ3v) is 6.36. The molecular formula is C22H21N3O4S. The summed E-state index contributed by atoms with van der Waals surface area (Å²) in [5.74, 6) is -0.400. The lowest BCUT2D eigenvalue weighted by molar-refractivity contribution is -0.155. The van der Waals surface area contributed by atoms with Crippen molar-refractivity contribution in [2.75, 3.05) is 0 Å². The number of benzene rings is 2. The second-order valence-electron chi connectivity index (χ2n) is 8.23. The van der Waals surface area contributed by atoms with Gasteiger partial charge in [-0.3, -0.25) is 4.79 Å². The van der Waals surface area contributed by atoms with Crippen LogP contribution in [0.25, 0.3) is 10.9 Å². The first-order chi connectivity index (χ1) is 14.1. The van der Waals surface area contributed by atoms with Gasteiger partial charge >= 0.3 is 5.97 Å². The lowest BCUT2D eigenvalue weighted by Gasteiger charge is -2.19. The maximum atomic E-state index is 12.6. The standard InChI is InChI=1S/C22H21N3O4S/c1-22(2,3)29-20(26)13-25-12-17(16-10-14(11-23)8-9-18(16)25)21-15-6-4-5-7-19(15)30(27,28)24-21/h4-10,12,21,24H,13H2,1-3H3. The van der Waals surface area contributed by atoms with E-state index >= 15 is 0 Å². The molecular weight excluding hydrogens is 402 g/mol. The zero-order valence-corrected chi connectivity index (χ0v) is 17.7. The van der Waals surface area contributed by atoms with E-state index in [0.29, 0.717) is 22.1 Å². The first-order valence-corrected chi connectivity index (χ1v) is 10.9. The summed E-state index contributed by atoms with van der Waals surface area (Å²) in [6, 6.07) is 13.5. The van der Waals surface area contributed by atoms with E-state index in [1.165, 1.54) is 0 Å². The number of rotatable bonds is 3. The Labute approximate surface area is 174 Å². The molecule has 154 valence electrons. The van der Waals surface area contributed by atoms with E-state index in [2.05, 4.69) is 10.8 Å². The Bertz CT molecular complexity index is 1310. The van der Waals surface area contributed by atoms with Crippen LogP contribution in [-0.2, 0) is 26.1 Å². The number of aromatic nitrogens is 1. The molecule has 0 amide bonds. The zero-order valence-electron chi connectivity index (χ0n) is 16.8. The highest BCUT2D eigenvalue weighted by molar-refractivity contribution is 7.89. The van der Waals surface area contributed by atoms with Gasteiger partial charge in [0.25, 0.3) is 0 Å². The van der Waals surface area contributed by atoms with Crippen molar-refractivity contribution in [2.24, 2.45) is 0 Å². The summed E-state index contributed by atoms with van der Waals surface area (Å²) in [5.41, 5.74) is 1.87. The van der Waals surface area contributed by atoms with Crippen LogP contribution in [0.2, 0.25) is 0 Å². The van der Waals surface area contributed by atoms with Crippen molar-refractivity contribution in [3.8, 4) is 6.07 Å². The highest BCUT2D eigenvalue weighted by Crippen LogP contribution is 2.39. The van der Waals surface area contributed by atoms with Crippen LogP contribution >= 0.6 is 0 Å². The molecule has 0 radical (unpaired) electrons. The Hall–Kier alpha value is -3.15. The van der Waals surface area contributed by atoms with Gasteiger partial charge in [0, 0.05) is 22.7 Å². The third-order valence-electron chi connectivity index (χ3n) is 4.86. The van der Waals surface area contributed by atoms with Crippen LogP contribution in [0.4, 0.5) is 0 Å². The average Bonchev–Trinajstić information content (AvgIpc) is 3.15. The van der Waals surface area contributed by atoms with Crippen molar-refractivity contribution in [1.82, 2.24) is 9.29 Å². The van der Waals surface area contributed by atoms with Crippen molar-refractivity contribution in [2.45, 2.75) is 43.9 Å². The SMILES string of the molecule is CC(C)(C)OC(=O)Cn1cc(C2NS(=O)(=O)c3ccccc32)c2cc(C#N)ccc21. The molecule has 0 aliphatic carbocycles. The fourth-order valence-electron chi connectivity index (χ4n) is 3.74. The van der Waals surface area contributed by atoms with Crippen molar-refractivity contribution in [3.05, 3.63) is 65.4 Å². The van der Waals surface area contributed by atoms with Crippen LogP contribution in [0.3, 0.4) is 0 Å². The fraction of sp³-hybridized carbons (Fsp3) is 0.273. The summed E-state index contributed by atoms with van der Waals surface area (Å²) in [4.78, 5) is 12.7. The number of carbonyl (C=O) groups is 1. The van der Waals surface area contributed by atoms with Gasteiger partial charge in [-0.2, -0.15) is 9.98 Å². The minimum Gasteiger partial charge on any atom is -0.459 e. The zero-order chi connectivity index (χ0) is 21.7. The molecule has 0 spiro atoms. The van der Waals surface area contributed by atoms with Gasteiger partial charge in [-0.05, 0) is 50.6 Å². The van der Waals surface area contributed by atoms with Crippen LogP contribution in [-0.4, -0.2) is 24.6 Å². The predicted octanol–water partition coefficient (Wildman–Crippen LogP) is 3.24. The lowest BCUT2D eigenvalue weighted by atomic mass is 9.98. The predicted molar refractivity (Wildman–Crippen MR) is 111 cm³/mol. The molecule has 0 fully saturated rings. The molecule has 0 bridgehead atoms. The number of nitrogens with one attached hydrogen (secondary N) is 1. The van der Waals surface area contributed by atoms with Gasteiger partial charge in [0.2, 0.25) is 10.0 Å². The maximum Gasteiger partial charge on any atom is 0.326 e. The van der Waals surface area contributed by atoms with Gasteiger partial charge in [-0.1, -0.05) is 18.2 Å². The summed E-state index contributed by atoms with van der Waals surface area (Å²) in [6.45, 7) is 5.37. The molecule has 0 saturated heterocycles. The summed E-state index contributed by atoms with van der Waals surface area (Å²) in [5, 5.41) is 10.0. The van der Waals surface area contributed by atoms with Crippen molar-refractivity contribution < 1.29 is 17.9 Å². The average molecular weight is 423 g/mol.